The summed E-state index contributed by atoms with van der Waals surface area (Å²) in [5.74, 6) is 1.47. The molecule has 0 aliphatic rings. The van der Waals surface area contributed by atoms with E-state index in [0.717, 1.165) is 17.0 Å². The van der Waals surface area contributed by atoms with Gasteiger partial charge in [0.2, 0.25) is 5.88 Å². The Morgan fingerprint density at radius 2 is 2.10 bits per heavy atom. The minimum absolute atomic E-state index is 0.417. The second kappa shape index (κ2) is 8.84. The highest BCUT2D eigenvalue weighted by molar-refractivity contribution is 5.25. The number of allylic oxidation sites excluding steroid dienone is 4. The molecule has 2 N–H and O–H groups in total. The molecule has 4 heteroatoms. The molecule has 1 heterocycles. The first-order chi connectivity index (χ1) is 10.0. The summed E-state index contributed by atoms with van der Waals surface area (Å²) in [6.45, 7) is 8.82. The van der Waals surface area contributed by atoms with Gasteiger partial charge >= 0.3 is 0 Å². The van der Waals surface area contributed by atoms with Gasteiger partial charge in [-0.1, -0.05) is 12.1 Å². The van der Waals surface area contributed by atoms with Crippen LogP contribution in [0.3, 0.4) is 0 Å². The largest absolute Gasteiger partial charge is 0.499 e. The van der Waals surface area contributed by atoms with Crippen LogP contribution >= 0.6 is 0 Å². The first kappa shape index (κ1) is 16.8. The first-order valence-electron chi connectivity index (χ1n) is 7.02. The summed E-state index contributed by atoms with van der Waals surface area (Å²) in [4.78, 5) is 4.28. The minimum Gasteiger partial charge on any atom is -0.499 e. The van der Waals surface area contributed by atoms with Gasteiger partial charge < -0.3 is 15.2 Å². The summed E-state index contributed by atoms with van der Waals surface area (Å²) in [5, 5.41) is 0. The summed E-state index contributed by atoms with van der Waals surface area (Å²) in [7, 11) is 0. The highest BCUT2D eigenvalue weighted by Gasteiger charge is 1.99. The van der Waals surface area contributed by atoms with Crippen LogP contribution in [0.1, 0.15) is 26.5 Å². The van der Waals surface area contributed by atoms with Gasteiger partial charge in [-0.2, -0.15) is 0 Å². The van der Waals surface area contributed by atoms with E-state index >= 15 is 0 Å². The molecule has 114 valence electrons. The molecule has 21 heavy (non-hydrogen) atoms. The van der Waals surface area contributed by atoms with E-state index in [0.29, 0.717) is 24.8 Å². The number of hydrogen-bond acceptors (Lipinski definition) is 4. The molecular weight excluding hydrogens is 264 g/mol. The Hall–Kier alpha value is -2.23. The van der Waals surface area contributed by atoms with Crippen LogP contribution in [0.25, 0.3) is 0 Å². The van der Waals surface area contributed by atoms with E-state index in [2.05, 4.69) is 4.98 Å². The minimum atomic E-state index is 0.417. The Morgan fingerprint density at radius 1 is 1.33 bits per heavy atom. The average molecular weight is 288 g/mol. The van der Waals surface area contributed by atoms with Crippen LogP contribution in [0.5, 0.6) is 5.88 Å². The highest BCUT2D eigenvalue weighted by atomic mass is 16.5. The predicted molar refractivity (Wildman–Crippen MR) is 85.9 cm³/mol. The Morgan fingerprint density at radius 3 is 2.76 bits per heavy atom. The Bertz CT molecular complexity index is 545. The van der Waals surface area contributed by atoms with Crippen molar-refractivity contribution in [2.24, 2.45) is 5.73 Å². The van der Waals surface area contributed by atoms with Gasteiger partial charge in [0.15, 0.2) is 0 Å². The molecule has 0 aromatic carbocycles. The average Bonchev–Trinajstić information content (AvgIpc) is 2.45. The van der Waals surface area contributed by atoms with Crippen LogP contribution in [-0.2, 0) is 4.74 Å². The molecule has 0 amide bonds. The molecule has 0 saturated carbocycles. The topological polar surface area (TPSA) is 57.4 Å². The van der Waals surface area contributed by atoms with Crippen molar-refractivity contribution in [3.63, 3.8) is 0 Å². The van der Waals surface area contributed by atoms with Crippen molar-refractivity contribution in [1.29, 1.82) is 0 Å². The van der Waals surface area contributed by atoms with Gasteiger partial charge in [-0.05, 0) is 51.5 Å². The maximum atomic E-state index is 5.99. The maximum Gasteiger partial charge on any atom is 0.213 e. The molecule has 0 aliphatic heterocycles. The second-order valence-corrected chi connectivity index (χ2v) is 4.71. The third kappa shape index (κ3) is 6.65. The Kier molecular flexibility index (Phi) is 7.09. The number of nitrogens with zero attached hydrogens (tertiary/aromatic N) is 1. The number of rotatable bonds is 7. The van der Waals surface area contributed by atoms with E-state index in [9.17, 15) is 0 Å². The number of pyridine rings is 1. The van der Waals surface area contributed by atoms with Crippen LogP contribution in [-0.4, -0.2) is 18.2 Å². The molecule has 4 nitrogen and oxygen atoms in total. The lowest BCUT2D eigenvalue weighted by atomic mass is 10.2. The molecule has 0 aliphatic carbocycles. The monoisotopic (exact) mass is 288 g/mol. The summed E-state index contributed by atoms with van der Waals surface area (Å²) in [5.41, 5.74) is 8.56. The van der Waals surface area contributed by atoms with Crippen molar-refractivity contribution in [3.8, 4) is 5.88 Å². The van der Waals surface area contributed by atoms with Crippen LogP contribution in [0.15, 0.2) is 53.5 Å². The zero-order valence-electron chi connectivity index (χ0n) is 13.2. The van der Waals surface area contributed by atoms with Gasteiger partial charge in [-0.15, -0.1) is 0 Å². The lowest BCUT2D eigenvalue weighted by molar-refractivity contribution is 0.231. The van der Waals surface area contributed by atoms with Crippen molar-refractivity contribution in [2.45, 2.75) is 27.7 Å². The Labute approximate surface area is 127 Å². The normalized spacial score (nSPS) is 13.2. The summed E-state index contributed by atoms with van der Waals surface area (Å²) < 4.78 is 10.9. The smallest absolute Gasteiger partial charge is 0.213 e. The van der Waals surface area contributed by atoms with E-state index in [1.54, 1.807) is 0 Å². The fourth-order valence-electron chi connectivity index (χ4n) is 1.57. The maximum absolute atomic E-state index is 5.99. The van der Waals surface area contributed by atoms with Gasteiger partial charge in [0.05, 0.1) is 12.4 Å². The SMILES string of the molecule is CCO/C(C)=C/C=C\C(N)=C(/C)COc1cccc(C)n1. The molecule has 0 saturated heterocycles. The first-order valence-corrected chi connectivity index (χ1v) is 7.02. The van der Waals surface area contributed by atoms with Crippen molar-refractivity contribution in [3.05, 3.63) is 59.2 Å². The second-order valence-electron chi connectivity index (χ2n) is 4.71. The van der Waals surface area contributed by atoms with Gasteiger partial charge in [-0.3, -0.25) is 0 Å². The van der Waals surface area contributed by atoms with Crippen LogP contribution in [0.4, 0.5) is 0 Å². The number of nitrogens with two attached hydrogens (primary N) is 1. The fraction of sp³-hybridized carbons (Fsp3) is 0.353. The molecule has 0 bridgehead atoms. The lowest BCUT2D eigenvalue weighted by Crippen LogP contribution is -2.06. The van der Waals surface area contributed by atoms with E-state index in [1.807, 2.05) is 64.1 Å². The van der Waals surface area contributed by atoms with Crippen molar-refractivity contribution >= 4 is 0 Å². The molecule has 1 aromatic heterocycles. The molecule has 0 unspecified atom stereocenters. The van der Waals surface area contributed by atoms with E-state index in [1.165, 1.54) is 0 Å². The third-order valence-electron chi connectivity index (χ3n) is 2.77. The number of aromatic nitrogens is 1. The zero-order valence-corrected chi connectivity index (χ0v) is 13.2. The van der Waals surface area contributed by atoms with Crippen molar-refractivity contribution < 1.29 is 9.47 Å². The lowest BCUT2D eigenvalue weighted by Gasteiger charge is -2.07. The molecule has 1 rings (SSSR count). The molecule has 0 spiro atoms. The predicted octanol–water partition coefficient (Wildman–Crippen LogP) is 3.50. The quantitative estimate of drug-likeness (QED) is 0.616. The number of ether oxygens (including phenoxy) is 2. The van der Waals surface area contributed by atoms with Crippen LogP contribution in [0, 0.1) is 6.92 Å². The van der Waals surface area contributed by atoms with E-state index < -0.39 is 0 Å². The van der Waals surface area contributed by atoms with Crippen LogP contribution < -0.4 is 10.5 Å². The van der Waals surface area contributed by atoms with Gasteiger partial charge in [0.1, 0.15) is 6.61 Å². The molecule has 0 fully saturated rings. The third-order valence-corrected chi connectivity index (χ3v) is 2.77. The zero-order chi connectivity index (χ0) is 15.7. The Balaban J connectivity index is 2.57. The summed E-state index contributed by atoms with van der Waals surface area (Å²) in [6.07, 6.45) is 5.59. The fourth-order valence-corrected chi connectivity index (χ4v) is 1.57. The van der Waals surface area contributed by atoms with Crippen molar-refractivity contribution in [1.82, 2.24) is 4.98 Å². The van der Waals surface area contributed by atoms with Crippen molar-refractivity contribution in [2.75, 3.05) is 13.2 Å². The van der Waals surface area contributed by atoms with Gasteiger partial charge in [0.25, 0.3) is 0 Å². The summed E-state index contributed by atoms with van der Waals surface area (Å²) in [6, 6.07) is 5.68. The van der Waals surface area contributed by atoms with E-state index in [-0.39, 0.29) is 0 Å². The molecule has 0 atom stereocenters. The standard InChI is InChI=1S/C17H24N2O2/c1-5-20-15(4)9-7-10-16(18)13(2)12-21-17-11-6-8-14(3)19-17/h6-11H,5,12,18H2,1-4H3/b10-7-,15-9+,16-13-. The van der Waals surface area contributed by atoms with E-state index in [4.69, 9.17) is 15.2 Å². The molecular formula is C17H24N2O2. The highest BCUT2D eigenvalue weighted by Crippen LogP contribution is 2.09. The molecule has 1 aromatic rings. The number of aryl methyl sites for hydroxylation is 1. The number of hydrogen-bond donors (Lipinski definition) is 1. The summed E-state index contributed by atoms with van der Waals surface area (Å²) >= 11 is 0. The van der Waals surface area contributed by atoms with Gasteiger partial charge in [0, 0.05) is 17.5 Å². The molecule has 0 radical (unpaired) electrons. The van der Waals surface area contributed by atoms with Crippen LogP contribution in [0.2, 0.25) is 0 Å². The van der Waals surface area contributed by atoms with Gasteiger partial charge in [-0.25, -0.2) is 4.98 Å².